The van der Waals surface area contributed by atoms with Gasteiger partial charge in [0.05, 0.1) is 10.1 Å². The Bertz CT molecular complexity index is 634. The molecular weight excluding hydrogens is 283 g/mol. The van der Waals surface area contributed by atoms with Crippen LogP contribution in [0.2, 0.25) is 4.34 Å². The van der Waals surface area contributed by atoms with Gasteiger partial charge in [0, 0.05) is 4.88 Å². The molecule has 0 aliphatic carbocycles. The van der Waals surface area contributed by atoms with E-state index in [0.717, 1.165) is 6.07 Å². The maximum absolute atomic E-state index is 13.4. The highest BCUT2D eigenvalue weighted by molar-refractivity contribution is 7.90. The van der Waals surface area contributed by atoms with E-state index in [1.165, 1.54) is 29.5 Å². The summed E-state index contributed by atoms with van der Waals surface area (Å²) in [6, 6.07) is 8.60. The van der Waals surface area contributed by atoms with Crippen LogP contribution in [0.25, 0.3) is 0 Å². The minimum Gasteiger partial charge on any atom is -0.223 e. The second-order valence-corrected chi connectivity index (χ2v) is 7.15. The van der Waals surface area contributed by atoms with Crippen molar-refractivity contribution in [3.8, 4) is 0 Å². The van der Waals surface area contributed by atoms with Crippen LogP contribution in [-0.4, -0.2) is 8.42 Å². The average Bonchev–Trinajstić information content (AvgIpc) is 2.63. The fourth-order valence-electron chi connectivity index (χ4n) is 1.39. The van der Waals surface area contributed by atoms with Crippen molar-refractivity contribution in [3.63, 3.8) is 0 Å². The highest BCUT2D eigenvalue weighted by Gasteiger charge is 2.20. The zero-order chi connectivity index (χ0) is 12.5. The molecule has 0 atom stereocenters. The van der Waals surface area contributed by atoms with Gasteiger partial charge in [-0.1, -0.05) is 23.7 Å². The average molecular weight is 291 g/mol. The molecular formula is C11H8ClFO2S2. The first-order valence-electron chi connectivity index (χ1n) is 4.70. The van der Waals surface area contributed by atoms with Gasteiger partial charge in [-0.05, 0) is 24.3 Å². The first kappa shape index (κ1) is 12.5. The Morgan fingerprint density at radius 3 is 2.47 bits per heavy atom. The third-order valence-corrected chi connectivity index (χ3v) is 5.24. The molecule has 0 saturated carbocycles. The van der Waals surface area contributed by atoms with Crippen LogP contribution in [0.5, 0.6) is 0 Å². The van der Waals surface area contributed by atoms with Gasteiger partial charge in [0.15, 0.2) is 9.84 Å². The first-order chi connectivity index (χ1) is 7.99. The fourth-order valence-corrected chi connectivity index (χ4v) is 4.25. The lowest BCUT2D eigenvalue weighted by molar-refractivity contribution is 0.566. The molecule has 2 aromatic rings. The number of halogens is 2. The molecule has 2 nitrogen and oxygen atoms in total. The van der Waals surface area contributed by atoms with E-state index < -0.39 is 15.7 Å². The van der Waals surface area contributed by atoms with Crippen LogP contribution < -0.4 is 0 Å². The Morgan fingerprint density at radius 1 is 1.18 bits per heavy atom. The second kappa shape index (κ2) is 4.76. The van der Waals surface area contributed by atoms with Crippen LogP contribution >= 0.6 is 22.9 Å². The van der Waals surface area contributed by atoms with E-state index in [4.69, 9.17) is 11.6 Å². The maximum Gasteiger partial charge on any atom is 0.186 e. The maximum atomic E-state index is 13.4. The van der Waals surface area contributed by atoms with Gasteiger partial charge < -0.3 is 0 Å². The minimum absolute atomic E-state index is 0.231. The van der Waals surface area contributed by atoms with Gasteiger partial charge >= 0.3 is 0 Å². The summed E-state index contributed by atoms with van der Waals surface area (Å²) in [5.41, 5.74) is 0. The topological polar surface area (TPSA) is 34.1 Å². The number of hydrogen-bond donors (Lipinski definition) is 0. The van der Waals surface area contributed by atoms with Gasteiger partial charge in [-0.2, -0.15) is 0 Å². The molecule has 0 radical (unpaired) electrons. The van der Waals surface area contributed by atoms with E-state index in [9.17, 15) is 12.8 Å². The summed E-state index contributed by atoms with van der Waals surface area (Å²) in [7, 11) is -3.65. The largest absolute Gasteiger partial charge is 0.223 e. The Labute approximate surface area is 108 Å². The lowest BCUT2D eigenvalue weighted by Gasteiger charge is -2.03. The van der Waals surface area contributed by atoms with Crippen LogP contribution in [-0.2, 0) is 15.6 Å². The number of benzene rings is 1. The van der Waals surface area contributed by atoms with Crippen molar-refractivity contribution >= 4 is 32.8 Å². The van der Waals surface area contributed by atoms with Crippen LogP contribution in [0, 0.1) is 5.82 Å². The summed E-state index contributed by atoms with van der Waals surface area (Å²) in [5.74, 6) is -0.958. The van der Waals surface area contributed by atoms with Crippen LogP contribution in [0.1, 0.15) is 4.88 Å². The molecule has 6 heteroatoms. The van der Waals surface area contributed by atoms with Crippen LogP contribution in [0.15, 0.2) is 41.3 Å². The zero-order valence-corrected chi connectivity index (χ0v) is 10.9. The van der Waals surface area contributed by atoms with E-state index in [-0.39, 0.29) is 10.6 Å². The quantitative estimate of drug-likeness (QED) is 0.867. The predicted octanol–water partition coefficient (Wildman–Crippen LogP) is 3.51. The number of rotatable bonds is 3. The Balaban J connectivity index is 2.35. The minimum atomic E-state index is -3.65. The van der Waals surface area contributed by atoms with E-state index in [1.54, 1.807) is 12.1 Å². The Hall–Kier alpha value is -0.910. The molecule has 0 aliphatic heterocycles. The third-order valence-electron chi connectivity index (χ3n) is 2.13. The second-order valence-electron chi connectivity index (χ2n) is 3.40. The van der Waals surface area contributed by atoms with Crippen molar-refractivity contribution in [1.82, 2.24) is 0 Å². The van der Waals surface area contributed by atoms with Crippen molar-refractivity contribution in [2.75, 3.05) is 0 Å². The summed E-state index contributed by atoms with van der Waals surface area (Å²) in [4.78, 5) is 0.322. The van der Waals surface area contributed by atoms with E-state index >= 15 is 0 Å². The highest BCUT2D eigenvalue weighted by atomic mass is 35.5. The van der Waals surface area contributed by atoms with Crippen molar-refractivity contribution in [1.29, 1.82) is 0 Å². The van der Waals surface area contributed by atoms with E-state index in [2.05, 4.69) is 0 Å². The molecule has 1 aromatic heterocycles. The van der Waals surface area contributed by atoms with E-state index in [1.807, 2.05) is 0 Å². The van der Waals surface area contributed by atoms with Gasteiger partial charge in [0.25, 0.3) is 0 Å². The van der Waals surface area contributed by atoms with Gasteiger partial charge in [-0.15, -0.1) is 11.3 Å². The summed E-state index contributed by atoms with van der Waals surface area (Å²) >= 11 is 6.90. The molecule has 0 saturated heterocycles. The first-order valence-corrected chi connectivity index (χ1v) is 7.55. The van der Waals surface area contributed by atoms with Crippen molar-refractivity contribution in [2.45, 2.75) is 10.6 Å². The normalized spacial score (nSPS) is 11.6. The van der Waals surface area contributed by atoms with Crippen molar-refractivity contribution < 1.29 is 12.8 Å². The molecule has 0 spiro atoms. The molecule has 0 amide bonds. The highest BCUT2D eigenvalue weighted by Crippen LogP contribution is 2.26. The van der Waals surface area contributed by atoms with Gasteiger partial charge in [0.2, 0.25) is 0 Å². The molecule has 1 heterocycles. The van der Waals surface area contributed by atoms with Gasteiger partial charge in [-0.3, -0.25) is 0 Å². The molecule has 0 aliphatic rings. The van der Waals surface area contributed by atoms with Crippen LogP contribution in [0.4, 0.5) is 4.39 Å². The summed E-state index contributed by atoms with van der Waals surface area (Å²) < 4.78 is 37.8. The molecule has 0 fully saturated rings. The lowest BCUT2D eigenvalue weighted by atomic mass is 10.3. The monoisotopic (exact) mass is 290 g/mol. The van der Waals surface area contributed by atoms with Crippen molar-refractivity contribution in [3.05, 3.63) is 51.4 Å². The third kappa shape index (κ3) is 2.86. The molecule has 1 aromatic carbocycles. The van der Waals surface area contributed by atoms with Crippen molar-refractivity contribution in [2.24, 2.45) is 0 Å². The fraction of sp³-hybridized carbons (Fsp3) is 0.0909. The number of thiophene rings is 1. The Morgan fingerprint density at radius 2 is 1.88 bits per heavy atom. The molecule has 0 unspecified atom stereocenters. The SMILES string of the molecule is O=S(=O)(Cc1ccc(Cl)s1)c1ccccc1F. The molecule has 90 valence electrons. The number of hydrogen-bond acceptors (Lipinski definition) is 3. The number of sulfone groups is 1. The summed E-state index contributed by atoms with van der Waals surface area (Å²) in [6.07, 6.45) is 0. The molecule has 17 heavy (non-hydrogen) atoms. The van der Waals surface area contributed by atoms with Gasteiger partial charge in [-0.25, -0.2) is 12.8 Å². The molecule has 0 bridgehead atoms. The smallest absolute Gasteiger partial charge is 0.186 e. The Kier molecular flexibility index (Phi) is 3.51. The zero-order valence-electron chi connectivity index (χ0n) is 8.56. The molecule has 0 N–H and O–H groups in total. The molecule has 2 rings (SSSR count). The lowest BCUT2D eigenvalue weighted by Crippen LogP contribution is -2.06. The summed E-state index contributed by atoms with van der Waals surface area (Å²) in [5, 5.41) is 0. The van der Waals surface area contributed by atoms with Crippen LogP contribution in [0.3, 0.4) is 0 Å². The predicted molar refractivity (Wildman–Crippen MR) is 66.6 cm³/mol. The summed E-state index contributed by atoms with van der Waals surface area (Å²) in [6.45, 7) is 0. The standard InChI is InChI=1S/C11H8ClFO2S2/c12-11-6-5-8(16-11)7-17(14,15)10-4-2-1-3-9(10)13/h1-6H,7H2. The van der Waals surface area contributed by atoms with E-state index in [0.29, 0.717) is 9.21 Å². The van der Waals surface area contributed by atoms with Gasteiger partial charge in [0.1, 0.15) is 10.7 Å².